The number of aromatic nitrogens is 3. The molecule has 0 amide bonds. The zero-order valence-electron chi connectivity index (χ0n) is 16.4. The van der Waals surface area contributed by atoms with Crippen LogP contribution in [-0.4, -0.2) is 26.9 Å². The molecule has 1 aliphatic heterocycles. The van der Waals surface area contributed by atoms with Crippen molar-refractivity contribution in [2.45, 2.75) is 0 Å². The van der Waals surface area contributed by atoms with Gasteiger partial charge in [-0.25, -0.2) is 4.79 Å². The summed E-state index contributed by atoms with van der Waals surface area (Å²) in [4.78, 5) is 25.6. The van der Waals surface area contributed by atoms with Gasteiger partial charge in [0.25, 0.3) is 5.56 Å². The van der Waals surface area contributed by atoms with Crippen molar-refractivity contribution in [3.05, 3.63) is 74.5 Å². The van der Waals surface area contributed by atoms with Gasteiger partial charge in [-0.1, -0.05) is 23.7 Å². The number of rotatable bonds is 2. The lowest BCUT2D eigenvalue weighted by Gasteiger charge is -2.19. The number of ether oxygens (including phenoxy) is 2. The summed E-state index contributed by atoms with van der Waals surface area (Å²) in [5.41, 5.74) is 2.08. The Morgan fingerprint density at radius 1 is 0.900 bits per heavy atom. The maximum absolute atomic E-state index is 13.1. The predicted octanol–water partition coefficient (Wildman–Crippen LogP) is 3.12. The first-order chi connectivity index (χ1) is 14.5. The Balaban J connectivity index is 1.88. The Morgan fingerprint density at radius 3 is 2.33 bits per heavy atom. The fourth-order valence-corrected chi connectivity index (χ4v) is 3.94. The second-order valence-corrected chi connectivity index (χ2v) is 7.58. The second kappa shape index (κ2) is 6.81. The maximum Gasteiger partial charge on any atom is 0.330 e. The van der Waals surface area contributed by atoms with Crippen LogP contribution in [0.2, 0.25) is 5.02 Å². The molecule has 30 heavy (non-hydrogen) atoms. The molecule has 8 heteroatoms. The molecule has 7 nitrogen and oxygen atoms in total. The summed E-state index contributed by atoms with van der Waals surface area (Å²) in [6, 6.07) is 12.9. The van der Waals surface area contributed by atoms with Crippen LogP contribution in [0, 0.1) is 0 Å². The summed E-state index contributed by atoms with van der Waals surface area (Å²) in [7, 11) is 3.14. The van der Waals surface area contributed by atoms with E-state index in [2.05, 4.69) is 0 Å². The van der Waals surface area contributed by atoms with Crippen molar-refractivity contribution in [3.8, 4) is 28.4 Å². The third-order valence-electron chi connectivity index (χ3n) is 5.36. The van der Waals surface area contributed by atoms with Crippen LogP contribution in [0.3, 0.4) is 0 Å². The van der Waals surface area contributed by atoms with Gasteiger partial charge < -0.3 is 14.0 Å². The predicted molar refractivity (Wildman–Crippen MR) is 115 cm³/mol. The molecule has 0 saturated carbocycles. The van der Waals surface area contributed by atoms with Crippen LogP contribution in [0.25, 0.3) is 27.8 Å². The molecule has 0 bridgehead atoms. The van der Waals surface area contributed by atoms with E-state index in [1.807, 2.05) is 34.9 Å². The van der Waals surface area contributed by atoms with E-state index < -0.39 is 0 Å². The lowest BCUT2D eigenvalue weighted by atomic mass is 10.1. The number of nitrogens with zero attached hydrogens (tertiary/aromatic N) is 3. The molecule has 0 atom stereocenters. The van der Waals surface area contributed by atoms with Gasteiger partial charge in [-0.15, -0.1) is 0 Å². The van der Waals surface area contributed by atoms with E-state index >= 15 is 0 Å². The molecule has 0 saturated heterocycles. The van der Waals surface area contributed by atoms with Gasteiger partial charge >= 0.3 is 5.69 Å². The van der Waals surface area contributed by atoms with Crippen LogP contribution >= 0.6 is 11.6 Å². The molecule has 2 aromatic heterocycles. The Hall–Kier alpha value is -3.45. The molecule has 4 aromatic rings. The standard InChI is InChI=1S/C22H18ClN3O4/c1-24-16-12-26(15-7-8-17-18(11-15)30-10-9-29-17)20(13-3-5-14(23)6-4-13)19(16)21(27)25(2)22(24)28/h3-8,11-12H,9-10H2,1-2H3. The van der Waals surface area contributed by atoms with Crippen LogP contribution < -0.4 is 20.7 Å². The largest absolute Gasteiger partial charge is 0.486 e. The van der Waals surface area contributed by atoms with Gasteiger partial charge in [-0.2, -0.15) is 0 Å². The van der Waals surface area contributed by atoms with Gasteiger partial charge in [0.2, 0.25) is 0 Å². The van der Waals surface area contributed by atoms with Crippen molar-refractivity contribution in [2.75, 3.05) is 13.2 Å². The molecule has 0 radical (unpaired) electrons. The number of aryl methyl sites for hydroxylation is 1. The normalized spacial score (nSPS) is 13.0. The molecule has 2 aromatic carbocycles. The van der Waals surface area contributed by atoms with E-state index in [9.17, 15) is 9.59 Å². The molecule has 0 spiro atoms. The number of halogens is 1. The summed E-state index contributed by atoms with van der Waals surface area (Å²) in [5.74, 6) is 1.32. The van der Waals surface area contributed by atoms with E-state index in [1.165, 1.54) is 11.6 Å². The van der Waals surface area contributed by atoms with Crippen LogP contribution in [0.1, 0.15) is 0 Å². The first-order valence-electron chi connectivity index (χ1n) is 9.43. The van der Waals surface area contributed by atoms with Crippen molar-refractivity contribution in [1.29, 1.82) is 0 Å². The molecule has 0 aliphatic carbocycles. The summed E-state index contributed by atoms with van der Waals surface area (Å²) in [6.07, 6.45) is 1.80. The van der Waals surface area contributed by atoms with Crippen molar-refractivity contribution in [2.24, 2.45) is 14.1 Å². The van der Waals surface area contributed by atoms with Gasteiger partial charge in [-0.05, 0) is 29.8 Å². The van der Waals surface area contributed by atoms with E-state index in [0.717, 1.165) is 15.8 Å². The quantitative estimate of drug-likeness (QED) is 0.497. The summed E-state index contributed by atoms with van der Waals surface area (Å²) in [5, 5.41) is 1.05. The highest BCUT2D eigenvalue weighted by Gasteiger charge is 2.21. The average molecular weight is 424 g/mol. The monoisotopic (exact) mass is 423 g/mol. The number of hydrogen-bond acceptors (Lipinski definition) is 4. The third kappa shape index (κ3) is 2.74. The van der Waals surface area contributed by atoms with E-state index in [1.54, 1.807) is 25.4 Å². The van der Waals surface area contributed by atoms with Crippen molar-refractivity contribution in [1.82, 2.24) is 13.7 Å². The molecular weight excluding hydrogens is 406 g/mol. The Labute approximate surface area is 176 Å². The van der Waals surface area contributed by atoms with Crippen LogP contribution in [0.4, 0.5) is 0 Å². The van der Waals surface area contributed by atoms with Crippen molar-refractivity contribution < 1.29 is 9.47 Å². The second-order valence-electron chi connectivity index (χ2n) is 7.15. The average Bonchev–Trinajstić information content (AvgIpc) is 3.17. The molecule has 0 fully saturated rings. The number of hydrogen-bond donors (Lipinski definition) is 0. The first-order valence-corrected chi connectivity index (χ1v) is 9.80. The van der Waals surface area contributed by atoms with Crippen LogP contribution in [-0.2, 0) is 14.1 Å². The number of benzene rings is 2. The van der Waals surface area contributed by atoms with Crippen LogP contribution in [0.15, 0.2) is 58.3 Å². The topological polar surface area (TPSA) is 67.4 Å². The molecule has 1 aliphatic rings. The minimum atomic E-state index is -0.380. The Bertz CT molecular complexity index is 1410. The molecular formula is C22H18ClN3O4. The lowest BCUT2D eigenvalue weighted by molar-refractivity contribution is 0.171. The maximum atomic E-state index is 13.1. The zero-order valence-corrected chi connectivity index (χ0v) is 17.1. The summed E-state index contributed by atoms with van der Waals surface area (Å²) >= 11 is 6.08. The highest BCUT2D eigenvalue weighted by molar-refractivity contribution is 6.30. The zero-order chi connectivity index (χ0) is 21.0. The summed E-state index contributed by atoms with van der Waals surface area (Å²) < 4.78 is 15.8. The highest BCUT2D eigenvalue weighted by atomic mass is 35.5. The van der Waals surface area contributed by atoms with E-state index in [-0.39, 0.29) is 11.2 Å². The fraction of sp³-hybridized carbons (Fsp3) is 0.182. The Morgan fingerprint density at radius 2 is 1.60 bits per heavy atom. The summed E-state index contributed by atoms with van der Waals surface area (Å²) in [6.45, 7) is 0.983. The number of fused-ring (bicyclic) bond motifs is 2. The smallest absolute Gasteiger partial charge is 0.330 e. The van der Waals surface area contributed by atoms with Gasteiger partial charge in [0.05, 0.1) is 16.6 Å². The SMILES string of the molecule is Cn1c(=O)c2c(-c3ccc(Cl)cc3)n(-c3ccc4c(c3)OCCO4)cc2n(C)c1=O. The molecule has 152 valence electrons. The highest BCUT2D eigenvalue weighted by Crippen LogP contribution is 2.36. The first kappa shape index (κ1) is 18.6. The minimum Gasteiger partial charge on any atom is -0.486 e. The van der Waals surface area contributed by atoms with Crippen molar-refractivity contribution >= 4 is 22.5 Å². The van der Waals surface area contributed by atoms with Crippen molar-refractivity contribution in [3.63, 3.8) is 0 Å². The van der Waals surface area contributed by atoms with E-state index in [4.69, 9.17) is 21.1 Å². The van der Waals surface area contributed by atoms with E-state index in [0.29, 0.717) is 46.3 Å². The Kier molecular flexibility index (Phi) is 4.22. The third-order valence-corrected chi connectivity index (χ3v) is 5.61. The molecule has 0 N–H and O–H groups in total. The molecule has 5 rings (SSSR count). The van der Waals surface area contributed by atoms with Gasteiger partial charge in [-0.3, -0.25) is 13.9 Å². The van der Waals surface area contributed by atoms with Crippen LogP contribution in [0.5, 0.6) is 11.5 Å². The minimum absolute atomic E-state index is 0.352. The fourth-order valence-electron chi connectivity index (χ4n) is 3.82. The van der Waals surface area contributed by atoms with Gasteiger partial charge in [0.15, 0.2) is 11.5 Å². The molecule has 0 unspecified atom stereocenters. The molecule has 3 heterocycles. The van der Waals surface area contributed by atoms with Gasteiger partial charge in [0.1, 0.15) is 13.2 Å². The van der Waals surface area contributed by atoms with Gasteiger partial charge in [0, 0.05) is 37.1 Å². The lowest BCUT2D eigenvalue weighted by Crippen LogP contribution is -2.36.